The molecule has 0 saturated heterocycles. The van der Waals surface area contributed by atoms with Crippen molar-refractivity contribution in [1.29, 1.82) is 5.26 Å². The molecule has 0 aliphatic rings. The van der Waals surface area contributed by atoms with Crippen LogP contribution in [0.15, 0.2) is 33.8 Å². The van der Waals surface area contributed by atoms with E-state index in [-0.39, 0.29) is 11.4 Å². The predicted molar refractivity (Wildman–Crippen MR) is 72.8 cm³/mol. The lowest BCUT2D eigenvalue weighted by molar-refractivity contribution is 0.881. The number of tetrazole rings is 1. The van der Waals surface area contributed by atoms with E-state index in [9.17, 15) is 0 Å². The van der Waals surface area contributed by atoms with E-state index in [0.29, 0.717) is 0 Å². The van der Waals surface area contributed by atoms with E-state index in [4.69, 9.17) is 5.26 Å². The molecule has 90 valence electrons. The van der Waals surface area contributed by atoms with Gasteiger partial charge in [0.15, 0.2) is 0 Å². The zero-order valence-electron chi connectivity index (χ0n) is 8.92. The highest BCUT2D eigenvalue weighted by Gasteiger charge is 2.06. The maximum Gasteiger partial charge on any atom is 0.216 e. The van der Waals surface area contributed by atoms with Crippen LogP contribution in [-0.2, 0) is 0 Å². The number of anilines is 1. The summed E-state index contributed by atoms with van der Waals surface area (Å²) in [6.45, 7) is 0. The van der Waals surface area contributed by atoms with Crippen LogP contribution in [0, 0.1) is 11.3 Å². The average Bonchev–Trinajstić information content (AvgIpc) is 2.89. The molecule has 2 N–H and O–H groups in total. The number of H-pyrrole nitrogens is 1. The topological polar surface area (TPSA) is 90.3 Å². The second kappa shape index (κ2) is 5.66. The Morgan fingerprint density at radius 2 is 2.39 bits per heavy atom. The molecule has 0 atom stereocenters. The van der Waals surface area contributed by atoms with Crippen molar-refractivity contribution in [2.24, 2.45) is 0 Å². The molecular weight excluding hydrogens is 316 g/mol. The van der Waals surface area contributed by atoms with Gasteiger partial charge in [-0.2, -0.15) is 10.5 Å². The monoisotopic (exact) mass is 322 g/mol. The Kier molecular flexibility index (Phi) is 3.96. The first-order chi connectivity index (χ1) is 8.72. The first-order valence-electron chi connectivity index (χ1n) is 4.80. The maximum absolute atomic E-state index is 8.99. The van der Waals surface area contributed by atoms with Gasteiger partial charge in [-0.1, -0.05) is 6.07 Å². The quantitative estimate of drug-likeness (QED) is 0.595. The molecule has 0 aliphatic carbocycles. The van der Waals surface area contributed by atoms with E-state index in [1.54, 1.807) is 0 Å². The van der Waals surface area contributed by atoms with Gasteiger partial charge in [-0.15, -0.1) is 22.8 Å². The molecule has 0 radical (unpaired) electrons. The van der Waals surface area contributed by atoms with Crippen LogP contribution in [0.5, 0.6) is 0 Å². The summed E-state index contributed by atoms with van der Waals surface area (Å²) in [6.07, 6.45) is 1.51. The number of nitrogens with one attached hydrogen (secondary N) is 2. The molecule has 1 aromatic carbocycles. The van der Waals surface area contributed by atoms with Crippen molar-refractivity contribution in [3.8, 4) is 6.07 Å². The number of hydrogen-bond acceptors (Lipinski definition) is 6. The first-order valence-corrected chi connectivity index (χ1v) is 6.04. The molecule has 6 nitrogen and oxygen atoms in total. The number of thiol groups is 1. The van der Waals surface area contributed by atoms with E-state index >= 15 is 0 Å². The fraction of sp³-hybridized carbons (Fsp3) is 0. The molecule has 0 unspecified atom stereocenters. The second-order valence-corrected chi connectivity index (χ2v) is 4.49. The summed E-state index contributed by atoms with van der Waals surface area (Å²) in [5.74, 6) is 0.237. The molecule has 1 heterocycles. The zero-order valence-corrected chi connectivity index (χ0v) is 11.4. The lowest BCUT2D eigenvalue weighted by Crippen LogP contribution is -1.94. The molecule has 0 aliphatic heterocycles. The van der Waals surface area contributed by atoms with E-state index in [2.05, 4.69) is 54.5 Å². The number of nitriles is 1. The Balaban J connectivity index is 2.25. The lowest BCUT2D eigenvalue weighted by atomic mass is 10.3. The number of nitrogens with zero attached hydrogens (tertiary/aromatic N) is 4. The number of rotatable bonds is 3. The van der Waals surface area contributed by atoms with E-state index in [1.807, 2.05) is 24.3 Å². The van der Waals surface area contributed by atoms with Crippen molar-refractivity contribution < 1.29 is 0 Å². The summed E-state index contributed by atoms with van der Waals surface area (Å²) < 4.78 is 0.863. The van der Waals surface area contributed by atoms with Crippen LogP contribution >= 0.6 is 28.6 Å². The highest BCUT2D eigenvalue weighted by atomic mass is 79.9. The normalized spacial score (nSPS) is 11.1. The van der Waals surface area contributed by atoms with Gasteiger partial charge in [0.1, 0.15) is 11.6 Å². The Hall–Kier alpha value is -1.85. The predicted octanol–water partition coefficient (Wildman–Crippen LogP) is 2.23. The fourth-order valence-electron chi connectivity index (χ4n) is 1.20. The van der Waals surface area contributed by atoms with Crippen molar-refractivity contribution in [2.75, 3.05) is 5.32 Å². The van der Waals surface area contributed by atoms with Crippen LogP contribution in [-0.4, -0.2) is 20.6 Å². The Morgan fingerprint density at radius 3 is 3.06 bits per heavy atom. The molecule has 2 aromatic rings. The zero-order chi connectivity index (χ0) is 13.0. The minimum absolute atomic E-state index is 0.237. The number of halogens is 1. The molecule has 0 bridgehead atoms. The first kappa shape index (κ1) is 12.6. The Morgan fingerprint density at radius 1 is 1.56 bits per heavy atom. The van der Waals surface area contributed by atoms with Crippen molar-refractivity contribution in [3.63, 3.8) is 0 Å². The lowest BCUT2D eigenvalue weighted by Gasteiger charge is -2.06. The molecule has 18 heavy (non-hydrogen) atoms. The second-order valence-electron chi connectivity index (χ2n) is 3.19. The molecular formula is C10H7BrN6S. The number of benzene rings is 1. The molecule has 0 fully saturated rings. The minimum atomic E-state index is 0.237. The van der Waals surface area contributed by atoms with Crippen molar-refractivity contribution in [1.82, 2.24) is 20.6 Å². The van der Waals surface area contributed by atoms with Gasteiger partial charge in [-0.25, -0.2) is 0 Å². The summed E-state index contributed by atoms with van der Waals surface area (Å²) in [4.78, 5) is 0.749. The van der Waals surface area contributed by atoms with Crippen molar-refractivity contribution >= 4 is 39.8 Å². The van der Waals surface area contributed by atoms with Crippen LogP contribution in [0.25, 0.3) is 5.57 Å². The summed E-state index contributed by atoms with van der Waals surface area (Å²) in [7, 11) is 0. The number of hydrogen-bond donors (Lipinski definition) is 3. The number of aromatic nitrogens is 4. The third-order valence-corrected chi connectivity index (χ3v) is 3.51. The fourth-order valence-corrected chi connectivity index (χ4v) is 1.78. The number of aromatic amines is 1. The molecule has 2 rings (SSSR count). The van der Waals surface area contributed by atoms with Gasteiger partial charge in [0.25, 0.3) is 0 Å². The average molecular weight is 323 g/mol. The van der Waals surface area contributed by atoms with Crippen LogP contribution < -0.4 is 5.32 Å². The summed E-state index contributed by atoms with van der Waals surface area (Å²) >= 11 is 7.71. The van der Waals surface area contributed by atoms with E-state index in [0.717, 1.165) is 15.1 Å². The number of allylic oxidation sites excluding steroid dienone is 1. The third-order valence-electron chi connectivity index (χ3n) is 2.07. The van der Waals surface area contributed by atoms with Gasteiger partial charge in [-0.05, 0) is 33.3 Å². The minimum Gasteiger partial charge on any atom is -0.359 e. The maximum atomic E-state index is 8.99. The van der Waals surface area contributed by atoms with Crippen molar-refractivity contribution in [2.45, 2.75) is 4.90 Å². The summed E-state index contributed by atoms with van der Waals surface area (Å²) in [5.41, 5.74) is 1.04. The third kappa shape index (κ3) is 2.69. The molecule has 0 saturated carbocycles. The highest BCUT2D eigenvalue weighted by molar-refractivity contribution is 9.10. The van der Waals surface area contributed by atoms with Crippen LogP contribution in [0.3, 0.4) is 0 Å². The van der Waals surface area contributed by atoms with Crippen LogP contribution in [0.4, 0.5) is 5.69 Å². The molecule has 0 amide bonds. The van der Waals surface area contributed by atoms with Crippen LogP contribution in [0.2, 0.25) is 0 Å². The Labute approximate surface area is 117 Å². The van der Waals surface area contributed by atoms with Gasteiger partial charge < -0.3 is 5.32 Å². The van der Waals surface area contributed by atoms with Crippen LogP contribution in [0.1, 0.15) is 5.82 Å². The Bertz CT molecular complexity index is 616. The smallest absolute Gasteiger partial charge is 0.216 e. The van der Waals surface area contributed by atoms with Gasteiger partial charge in [0, 0.05) is 15.6 Å². The van der Waals surface area contributed by atoms with Gasteiger partial charge in [0.2, 0.25) is 5.82 Å². The van der Waals surface area contributed by atoms with Gasteiger partial charge in [0.05, 0.1) is 5.69 Å². The summed E-state index contributed by atoms with van der Waals surface area (Å²) in [6, 6.07) is 7.57. The highest BCUT2D eigenvalue weighted by Crippen LogP contribution is 2.28. The molecule has 0 spiro atoms. The van der Waals surface area contributed by atoms with Crippen molar-refractivity contribution in [3.05, 3.63) is 34.7 Å². The van der Waals surface area contributed by atoms with Gasteiger partial charge >= 0.3 is 0 Å². The van der Waals surface area contributed by atoms with E-state index in [1.165, 1.54) is 6.20 Å². The summed E-state index contributed by atoms with van der Waals surface area (Å²) in [5, 5.41) is 25.1. The SMILES string of the molecule is N#CC(=CNc1cccc(Br)c1S)c1nn[nH]n1. The standard InChI is InChI=1S/C10H7BrN6S/c11-7-2-1-3-8(9(7)18)13-5-6(4-12)10-14-16-17-15-10/h1-3,5,13,18H,(H,14,15,16,17). The van der Waals surface area contributed by atoms with E-state index < -0.39 is 0 Å². The molecule has 1 aromatic heterocycles. The van der Waals surface area contributed by atoms with Gasteiger partial charge in [-0.3, -0.25) is 0 Å². The largest absolute Gasteiger partial charge is 0.359 e. The molecule has 8 heteroatoms.